The zero-order valence-corrected chi connectivity index (χ0v) is 30.2. The van der Waals surface area contributed by atoms with Crippen molar-refractivity contribution in [2.75, 3.05) is 13.7 Å². The van der Waals surface area contributed by atoms with Crippen molar-refractivity contribution in [2.45, 2.75) is 97.7 Å². The fourth-order valence-corrected chi connectivity index (χ4v) is 6.05. The van der Waals surface area contributed by atoms with E-state index in [1.165, 1.54) is 18.7 Å². The van der Waals surface area contributed by atoms with Crippen molar-refractivity contribution < 1.29 is 38.1 Å². The minimum absolute atomic E-state index is 0.0210. The second-order valence-electron chi connectivity index (χ2n) is 13.9. The van der Waals surface area contributed by atoms with Crippen LogP contribution in [-0.4, -0.2) is 61.8 Å². The number of hydrogen-bond donors (Lipinski definition) is 2. The number of rotatable bonds is 9. The van der Waals surface area contributed by atoms with Gasteiger partial charge in [-0.15, -0.1) is 0 Å². The molecule has 4 rings (SSSR count). The van der Waals surface area contributed by atoms with Gasteiger partial charge in [0, 0.05) is 25.3 Å². The van der Waals surface area contributed by atoms with Crippen LogP contribution < -0.4 is 15.4 Å². The molecule has 2 heterocycles. The number of carbonyl (C=O) groups is 4. The predicted octanol–water partition coefficient (Wildman–Crippen LogP) is 5.69. The summed E-state index contributed by atoms with van der Waals surface area (Å²) < 4.78 is 23.2. The molecule has 266 valence electrons. The van der Waals surface area contributed by atoms with Gasteiger partial charge in [-0.2, -0.15) is 0 Å². The fourth-order valence-electron chi connectivity index (χ4n) is 5.77. The molecule has 2 aliphatic heterocycles. The Morgan fingerprint density at radius 2 is 1.69 bits per heavy atom. The van der Waals surface area contributed by atoms with Gasteiger partial charge in [-0.05, 0) is 67.5 Å². The van der Waals surface area contributed by atoms with E-state index in [1.807, 2.05) is 20.8 Å². The molecule has 0 saturated carbocycles. The van der Waals surface area contributed by atoms with E-state index in [9.17, 15) is 19.2 Å². The molecule has 0 radical (unpaired) electrons. The molecule has 2 amide bonds. The third-order valence-electron chi connectivity index (χ3n) is 9.00. The van der Waals surface area contributed by atoms with Gasteiger partial charge in [-0.1, -0.05) is 75.7 Å². The first kappa shape index (κ1) is 37.9. The minimum atomic E-state index is -1.20. The first-order chi connectivity index (χ1) is 23.2. The first-order valence-corrected chi connectivity index (χ1v) is 17.3. The number of amides is 2. The number of hydrogen-bond acceptors (Lipinski definition) is 8. The van der Waals surface area contributed by atoms with E-state index in [2.05, 4.69) is 41.8 Å². The topological polar surface area (TPSA) is 133 Å². The van der Waals surface area contributed by atoms with Crippen molar-refractivity contribution in [1.82, 2.24) is 10.6 Å². The highest BCUT2D eigenvalue weighted by Crippen LogP contribution is 2.45. The molecule has 2 aliphatic rings. The molecule has 0 bridgehead atoms. The van der Waals surface area contributed by atoms with Crippen LogP contribution in [0.15, 0.2) is 54.6 Å². The van der Waals surface area contributed by atoms with Crippen LogP contribution >= 0.6 is 11.6 Å². The minimum Gasteiger partial charge on any atom is -0.495 e. The summed E-state index contributed by atoms with van der Waals surface area (Å²) in [5.74, 6) is -2.06. The molecule has 0 spiro atoms. The Kier molecular flexibility index (Phi) is 12.9. The molecule has 2 aromatic carbocycles. The van der Waals surface area contributed by atoms with E-state index in [0.29, 0.717) is 16.3 Å². The number of carbonyl (C=O) groups excluding carboxylic acids is 4. The van der Waals surface area contributed by atoms with Crippen molar-refractivity contribution in [3.8, 4) is 5.75 Å². The van der Waals surface area contributed by atoms with Gasteiger partial charge in [-0.3, -0.25) is 14.4 Å². The number of esters is 2. The average molecular weight is 697 g/mol. The molecule has 10 nitrogen and oxygen atoms in total. The SMILES string of the molecule is CCc1ccc([C@H]2O[C@@H]2[C@@H](C)[C@@H]2C/C=C/C(=O)N[C@H](Cc3ccc(OC)c(Cl)c3)C(=O)NCC(C)(C)C(=O)O[C@@H](CC(C)C)C(=O)O2)cc1. The van der Waals surface area contributed by atoms with Crippen molar-refractivity contribution in [3.63, 3.8) is 0 Å². The second kappa shape index (κ2) is 16.7. The van der Waals surface area contributed by atoms with Gasteiger partial charge in [0.1, 0.15) is 24.0 Å². The summed E-state index contributed by atoms with van der Waals surface area (Å²) in [7, 11) is 1.51. The third kappa shape index (κ3) is 10.3. The molecular weight excluding hydrogens is 648 g/mol. The lowest BCUT2D eigenvalue weighted by molar-refractivity contribution is -0.179. The van der Waals surface area contributed by atoms with E-state index in [0.717, 1.165) is 12.0 Å². The van der Waals surface area contributed by atoms with E-state index >= 15 is 0 Å². The standard InChI is InChI=1S/C38H49ClN2O8/c1-8-24-12-15-26(16-13-24)34-33(49-34)23(4)29-10-9-11-32(42)41-28(20-25-14-17-30(46-7)27(39)19-25)35(43)40-21-38(5,6)37(45)48-31(18-22(2)3)36(44)47-29/h9,11-17,19,22-23,28-29,31,33-34H,8,10,18,20-21H2,1-7H3,(H,40,43)(H,41,42)/b11-9+/t23-,28+,29-,31-,33+,34+/m0/s1. The Morgan fingerprint density at radius 1 is 1.00 bits per heavy atom. The number of nitrogens with one attached hydrogen (secondary N) is 2. The number of epoxide rings is 1. The maximum atomic E-state index is 13.6. The molecule has 1 saturated heterocycles. The third-order valence-corrected chi connectivity index (χ3v) is 9.29. The largest absolute Gasteiger partial charge is 0.495 e. The average Bonchev–Trinajstić information content (AvgIpc) is 3.86. The van der Waals surface area contributed by atoms with Crippen molar-refractivity contribution >= 4 is 35.4 Å². The van der Waals surface area contributed by atoms with Gasteiger partial charge < -0.3 is 29.6 Å². The lowest BCUT2D eigenvalue weighted by atomic mass is 9.92. The van der Waals surface area contributed by atoms with Gasteiger partial charge in [-0.25, -0.2) is 4.79 Å². The molecule has 0 unspecified atom stereocenters. The number of methoxy groups -OCH3 is 1. The lowest BCUT2D eigenvalue weighted by Crippen LogP contribution is -2.51. The Bertz CT molecular complexity index is 1520. The van der Waals surface area contributed by atoms with E-state index in [1.54, 1.807) is 38.1 Å². The van der Waals surface area contributed by atoms with E-state index in [-0.39, 0.29) is 49.9 Å². The molecule has 49 heavy (non-hydrogen) atoms. The monoisotopic (exact) mass is 696 g/mol. The molecule has 11 heteroatoms. The van der Waals surface area contributed by atoms with Crippen LogP contribution in [0.25, 0.3) is 0 Å². The van der Waals surface area contributed by atoms with Crippen LogP contribution in [-0.2, 0) is 46.2 Å². The smallest absolute Gasteiger partial charge is 0.347 e. The Balaban J connectivity index is 1.60. The van der Waals surface area contributed by atoms with Crippen LogP contribution in [0, 0.1) is 17.3 Å². The zero-order chi connectivity index (χ0) is 35.9. The quantitative estimate of drug-likeness (QED) is 0.253. The number of aryl methyl sites for hydroxylation is 1. The van der Waals surface area contributed by atoms with Crippen molar-refractivity contribution in [1.29, 1.82) is 0 Å². The van der Waals surface area contributed by atoms with Crippen LogP contribution in [0.5, 0.6) is 5.75 Å². The molecular formula is C38H49ClN2O8. The van der Waals surface area contributed by atoms with Gasteiger partial charge in [0.15, 0.2) is 6.10 Å². The molecule has 0 aliphatic carbocycles. The summed E-state index contributed by atoms with van der Waals surface area (Å²) in [5, 5.41) is 5.93. The Hall–Kier alpha value is -3.89. The van der Waals surface area contributed by atoms with Gasteiger partial charge >= 0.3 is 11.9 Å². The number of cyclic esters (lactones) is 2. The number of halogens is 1. The summed E-state index contributed by atoms with van der Waals surface area (Å²) in [6, 6.07) is 12.4. The van der Waals surface area contributed by atoms with Crippen LogP contribution in [0.1, 0.15) is 77.2 Å². The molecule has 2 aromatic rings. The predicted molar refractivity (Wildman–Crippen MR) is 186 cm³/mol. The first-order valence-electron chi connectivity index (χ1n) is 16.9. The lowest BCUT2D eigenvalue weighted by Gasteiger charge is -2.29. The van der Waals surface area contributed by atoms with E-state index < -0.39 is 47.4 Å². The highest BCUT2D eigenvalue weighted by Gasteiger charge is 2.48. The normalized spacial score (nSPS) is 26.2. The second-order valence-corrected chi connectivity index (χ2v) is 14.4. The maximum Gasteiger partial charge on any atom is 0.347 e. The Labute approximate surface area is 294 Å². The van der Waals surface area contributed by atoms with Gasteiger partial charge in [0.2, 0.25) is 11.8 Å². The summed E-state index contributed by atoms with van der Waals surface area (Å²) in [4.78, 5) is 53.8. The molecule has 2 N–H and O–H groups in total. The molecule has 1 fully saturated rings. The highest BCUT2D eigenvalue weighted by molar-refractivity contribution is 6.32. The van der Waals surface area contributed by atoms with Gasteiger partial charge in [0.25, 0.3) is 0 Å². The number of benzene rings is 2. The zero-order valence-electron chi connectivity index (χ0n) is 29.4. The van der Waals surface area contributed by atoms with Crippen molar-refractivity contribution in [3.05, 3.63) is 76.3 Å². The molecule has 6 atom stereocenters. The number of ether oxygens (including phenoxy) is 4. The van der Waals surface area contributed by atoms with Gasteiger partial charge in [0.05, 0.1) is 23.7 Å². The maximum absolute atomic E-state index is 13.6. The van der Waals surface area contributed by atoms with Crippen molar-refractivity contribution in [2.24, 2.45) is 17.3 Å². The highest BCUT2D eigenvalue weighted by atomic mass is 35.5. The summed E-state index contributed by atoms with van der Waals surface area (Å²) in [6.07, 6.45) is 2.28. The van der Waals surface area contributed by atoms with E-state index in [4.69, 9.17) is 30.5 Å². The summed E-state index contributed by atoms with van der Waals surface area (Å²) in [6.45, 7) is 11.0. The molecule has 0 aromatic heterocycles. The van der Waals surface area contributed by atoms with Crippen LogP contribution in [0.2, 0.25) is 5.02 Å². The summed E-state index contributed by atoms with van der Waals surface area (Å²) in [5.41, 5.74) is 1.77. The van der Waals surface area contributed by atoms with Crippen LogP contribution in [0.3, 0.4) is 0 Å². The fraction of sp³-hybridized carbons (Fsp3) is 0.526. The Morgan fingerprint density at radius 3 is 2.33 bits per heavy atom. The van der Waals surface area contributed by atoms with Crippen LogP contribution in [0.4, 0.5) is 0 Å². The summed E-state index contributed by atoms with van der Waals surface area (Å²) >= 11 is 6.33.